The van der Waals surface area contributed by atoms with Crippen molar-refractivity contribution in [2.75, 3.05) is 6.61 Å². The first-order valence-corrected chi connectivity index (χ1v) is 11.3. The van der Waals surface area contributed by atoms with Crippen LogP contribution in [-0.4, -0.2) is 34.5 Å². The minimum absolute atomic E-state index is 0.102. The highest BCUT2D eigenvalue weighted by atomic mass is 16.5. The lowest BCUT2D eigenvalue weighted by atomic mass is 9.62. The van der Waals surface area contributed by atoms with Crippen LogP contribution in [0.5, 0.6) is 5.75 Å². The molecule has 2 atom stereocenters. The second-order valence-electron chi connectivity index (χ2n) is 10.8. The van der Waals surface area contributed by atoms with Crippen LogP contribution in [0.4, 0.5) is 0 Å². The van der Waals surface area contributed by atoms with E-state index < -0.39 is 17.9 Å². The summed E-state index contributed by atoms with van der Waals surface area (Å²) in [7, 11) is 0. The van der Waals surface area contributed by atoms with E-state index in [1.807, 2.05) is 58.9 Å². The van der Waals surface area contributed by atoms with E-state index >= 15 is 0 Å². The molecule has 3 rings (SSSR count). The minimum atomic E-state index is -0.902. The van der Waals surface area contributed by atoms with Crippen LogP contribution in [0.2, 0.25) is 0 Å². The largest absolute Gasteiger partial charge is 0.512 e. The molecule has 0 aliphatic heterocycles. The topological polar surface area (TPSA) is 83.8 Å². The van der Waals surface area contributed by atoms with Crippen molar-refractivity contribution < 1.29 is 24.5 Å². The van der Waals surface area contributed by atoms with Gasteiger partial charge in [0.2, 0.25) is 0 Å². The molecule has 0 spiro atoms. The fourth-order valence-electron chi connectivity index (χ4n) is 5.16. The van der Waals surface area contributed by atoms with Crippen molar-refractivity contribution in [3.05, 3.63) is 41.2 Å². The van der Waals surface area contributed by atoms with Crippen LogP contribution in [0.1, 0.15) is 78.2 Å². The van der Waals surface area contributed by atoms with E-state index in [2.05, 4.69) is 0 Å². The number of hydrogen-bond donors (Lipinski definition) is 2. The van der Waals surface area contributed by atoms with Gasteiger partial charge in [-0.05, 0) is 41.4 Å². The number of hydrogen-bond acceptors (Lipinski definition) is 5. The Balaban J connectivity index is 2.07. The molecule has 2 aliphatic carbocycles. The molecule has 2 aliphatic rings. The number of aliphatic hydroxyl groups excluding tert-OH is 2. The van der Waals surface area contributed by atoms with Gasteiger partial charge in [0, 0.05) is 30.8 Å². The van der Waals surface area contributed by atoms with Crippen LogP contribution in [-0.2, 0) is 9.59 Å². The third-order valence-corrected chi connectivity index (χ3v) is 6.46. The number of ketones is 2. The third kappa shape index (κ3) is 5.20. The molecule has 1 aromatic carbocycles. The molecule has 0 aromatic heterocycles. The molecule has 0 radical (unpaired) electrons. The van der Waals surface area contributed by atoms with Crippen LogP contribution in [0.25, 0.3) is 0 Å². The summed E-state index contributed by atoms with van der Waals surface area (Å²) < 4.78 is 5.68. The van der Waals surface area contributed by atoms with Gasteiger partial charge >= 0.3 is 0 Å². The number of rotatable bonds is 6. The molecule has 0 bridgehead atoms. The molecular weight excluding hydrogens is 392 g/mol. The van der Waals surface area contributed by atoms with Crippen molar-refractivity contribution in [1.82, 2.24) is 0 Å². The standard InChI is InChI=1S/C26H36O5/c1-6-11-31-17-9-7-16(8-10-17)22(23-18(27)12-25(2,3)13-19(23)28)24-20(29)14-26(4,5)15-21(24)30/h7-10,18,22,24,27-28H,6,11-15H2,1-5H3/t18-,22+/m0/s1. The summed E-state index contributed by atoms with van der Waals surface area (Å²) in [6.07, 6.45) is 1.50. The Morgan fingerprint density at radius 1 is 1.00 bits per heavy atom. The smallest absolute Gasteiger partial charge is 0.144 e. The zero-order valence-electron chi connectivity index (χ0n) is 19.4. The highest BCUT2D eigenvalue weighted by Crippen LogP contribution is 2.48. The molecule has 0 heterocycles. The molecule has 5 heteroatoms. The predicted octanol–water partition coefficient (Wildman–Crippen LogP) is 5.13. The van der Waals surface area contributed by atoms with E-state index in [0.29, 0.717) is 37.9 Å². The van der Waals surface area contributed by atoms with Crippen molar-refractivity contribution >= 4 is 11.6 Å². The van der Waals surface area contributed by atoms with Gasteiger partial charge in [0.25, 0.3) is 0 Å². The Bertz CT molecular complexity index is 842. The average molecular weight is 429 g/mol. The lowest BCUT2D eigenvalue weighted by molar-refractivity contribution is -0.140. The van der Waals surface area contributed by atoms with Crippen molar-refractivity contribution in [2.45, 2.75) is 78.7 Å². The highest BCUT2D eigenvalue weighted by Gasteiger charge is 2.48. The van der Waals surface area contributed by atoms with E-state index in [4.69, 9.17) is 4.74 Å². The van der Waals surface area contributed by atoms with Crippen molar-refractivity contribution in [2.24, 2.45) is 16.7 Å². The van der Waals surface area contributed by atoms with Gasteiger partial charge in [-0.2, -0.15) is 0 Å². The van der Waals surface area contributed by atoms with E-state index in [-0.39, 0.29) is 28.2 Å². The minimum Gasteiger partial charge on any atom is -0.512 e. The van der Waals surface area contributed by atoms with Crippen molar-refractivity contribution in [3.63, 3.8) is 0 Å². The summed E-state index contributed by atoms with van der Waals surface area (Å²) >= 11 is 0. The van der Waals surface area contributed by atoms with Crippen LogP contribution in [0.15, 0.2) is 35.6 Å². The van der Waals surface area contributed by atoms with Crippen LogP contribution < -0.4 is 4.74 Å². The van der Waals surface area contributed by atoms with Crippen LogP contribution in [0, 0.1) is 16.7 Å². The Labute approximate surface area is 185 Å². The molecule has 1 aromatic rings. The molecular formula is C26H36O5. The number of benzene rings is 1. The summed E-state index contributed by atoms with van der Waals surface area (Å²) in [5.74, 6) is -0.962. The third-order valence-electron chi connectivity index (χ3n) is 6.46. The summed E-state index contributed by atoms with van der Waals surface area (Å²) in [5, 5.41) is 22.0. The normalized spacial score (nSPS) is 24.9. The van der Waals surface area contributed by atoms with Gasteiger partial charge in [-0.15, -0.1) is 0 Å². The summed E-state index contributed by atoms with van der Waals surface area (Å²) in [5.41, 5.74) is 0.553. The number of carbonyl (C=O) groups is 2. The SMILES string of the molecule is CCCOc1ccc([C@H](C2=C(O)CC(C)(C)C[C@@H]2O)C2C(=O)CC(C)(C)CC2=O)cc1. The second kappa shape index (κ2) is 8.78. The fourth-order valence-corrected chi connectivity index (χ4v) is 5.16. The van der Waals surface area contributed by atoms with E-state index in [1.165, 1.54) is 0 Å². The van der Waals surface area contributed by atoms with Gasteiger partial charge in [-0.1, -0.05) is 46.8 Å². The fraction of sp³-hybridized carbons (Fsp3) is 0.615. The summed E-state index contributed by atoms with van der Waals surface area (Å²) in [4.78, 5) is 26.4. The zero-order valence-corrected chi connectivity index (χ0v) is 19.4. The first-order valence-electron chi connectivity index (χ1n) is 11.3. The second-order valence-corrected chi connectivity index (χ2v) is 10.8. The molecule has 31 heavy (non-hydrogen) atoms. The monoisotopic (exact) mass is 428 g/mol. The van der Waals surface area contributed by atoms with Gasteiger partial charge in [0.1, 0.15) is 17.3 Å². The molecule has 2 N–H and O–H groups in total. The average Bonchev–Trinajstić information content (AvgIpc) is 2.62. The molecule has 0 unspecified atom stereocenters. The number of carbonyl (C=O) groups excluding carboxylic acids is 2. The Hall–Kier alpha value is -2.14. The van der Waals surface area contributed by atoms with Gasteiger partial charge in [0.15, 0.2) is 0 Å². The maximum Gasteiger partial charge on any atom is 0.144 e. The van der Waals surface area contributed by atoms with E-state index in [1.54, 1.807) is 0 Å². The lowest BCUT2D eigenvalue weighted by Crippen LogP contribution is -2.43. The Morgan fingerprint density at radius 2 is 1.58 bits per heavy atom. The van der Waals surface area contributed by atoms with Gasteiger partial charge < -0.3 is 14.9 Å². The first kappa shape index (κ1) is 23.5. The van der Waals surface area contributed by atoms with Crippen molar-refractivity contribution in [1.29, 1.82) is 0 Å². The molecule has 170 valence electrons. The quantitative estimate of drug-likeness (QED) is 0.614. The van der Waals surface area contributed by atoms with Gasteiger partial charge in [-0.3, -0.25) is 9.59 Å². The molecule has 0 amide bonds. The first-order chi connectivity index (χ1) is 14.4. The number of Topliss-reactive ketones (excluding diaryl/α,β-unsaturated/α-hetero) is 2. The van der Waals surface area contributed by atoms with E-state index in [0.717, 1.165) is 17.7 Å². The molecule has 0 saturated heterocycles. The lowest BCUT2D eigenvalue weighted by Gasteiger charge is -2.41. The summed E-state index contributed by atoms with van der Waals surface area (Å²) in [6.45, 7) is 10.5. The maximum atomic E-state index is 13.2. The van der Waals surface area contributed by atoms with Crippen molar-refractivity contribution in [3.8, 4) is 5.75 Å². The van der Waals surface area contributed by atoms with Gasteiger partial charge in [-0.25, -0.2) is 0 Å². The molecule has 1 saturated carbocycles. The highest BCUT2D eigenvalue weighted by molar-refractivity contribution is 6.06. The number of ether oxygens (including phenoxy) is 1. The zero-order chi connectivity index (χ0) is 23.0. The Morgan fingerprint density at radius 3 is 2.10 bits per heavy atom. The summed E-state index contributed by atoms with van der Waals surface area (Å²) in [6, 6.07) is 7.36. The molecule has 5 nitrogen and oxygen atoms in total. The number of aliphatic hydroxyl groups is 2. The van der Waals surface area contributed by atoms with Gasteiger partial charge in [0.05, 0.1) is 24.4 Å². The Kier molecular flexibility index (Phi) is 6.66. The maximum absolute atomic E-state index is 13.2. The molecule has 1 fully saturated rings. The van der Waals surface area contributed by atoms with Crippen LogP contribution in [0.3, 0.4) is 0 Å². The van der Waals surface area contributed by atoms with Crippen LogP contribution >= 0.6 is 0 Å². The number of allylic oxidation sites excluding steroid dienone is 1. The predicted molar refractivity (Wildman–Crippen MR) is 120 cm³/mol. The van der Waals surface area contributed by atoms with E-state index in [9.17, 15) is 19.8 Å².